The number of rotatable bonds is 7. The van der Waals surface area contributed by atoms with Gasteiger partial charge in [0.1, 0.15) is 0 Å². The fourth-order valence-corrected chi connectivity index (χ4v) is 4.53. The third-order valence-electron chi connectivity index (χ3n) is 5.03. The summed E-state index contributed by atoms with van der Waals surface area (Å²) >= 11 is 7.27. The van der Waals surface area contributed by atoms with Crippen molar-refractivity contribution in [3.05, 3.63) is 56.7 Å². The van der Waals surface area contributed by atoms with Crippen LogP contribution < -0.4 is 5.32 Å². The van der Waals surface area contributed by atoms with Crippen LogP contribution in [0.3, 0.4) is 0 Å². The maximum absolute atomic E-state index is 12.9. The molecule has 0 radical (unpaired) electrons. The van der Waals surface area contributed by atoms with Crippen molar-refractivity contribution >= 4 is 40.6 Å². The molecule has 0 unspecified atom stereocenters. The molecule has 28 heavy (non-hydrogen) atoms. The van der Waals surface area contributed by atoms with Gasteiger partial charge in [-0.05, 0) is 42.7 Å². The molecule has 148 valence electrons. The SMILES string of the molecule is CC(=O)NCc1ccc(C(=O)COC(=O)C2(c3ccc(Cl)cc3)CCCC2)s1. The first-order chi connectivity index (χ1) is 13.4. The van der Waals surface area contributed by atoms with Crippen molar-refractivity contribution in [1.29, 1.82) is 0 Å². The average molecular weight is 420 g/mol. The van der Waals surface area contributed by atoms with Gasteiger partial charge in [0.2, 0.25) is 11.7 Å². The molecule has 0 saturated heterocycles. The normalized spacial score (nSPS) is 15.2. The van der Waals surface area contributed by atoms with E-state index < -0.39 is 5.41 Å². The van der Waals surface area contributed by atoms with Gasteiger partial charge in [-0.3, -0.25) is 14.4 Å². The Balaban J connectivity index is 1.64. The van der Waals surface area contributed by atoms with E-state index in [4.69, 9.17) is 16.3 Å². The summed E-state index contributed by atoms with van der Waals surface area (Å²) in [7, 11) is 0. The monoisotopic (exact) mass is 419 g/mol. The quantitative estimate of drug-likeness (QED) is 0.537. The third-order valence-corrected chi connectivity index (χ3v) is 6.41. The molecule has 1 saturated carbocycles. The number of hydrogen-bond donors (Lipinski definition) is 1. The summed E-state index contributed by atoms with van der Waals surface area (Å²) in [6.45, 7) is 1.54. The Bertz CT molecular complexity index is 869. The zero-order valence-corrected chi connectivity index (χ0v) is 17.2. The summed E-state index contributed by atoms with van der Waals surface area (Å²) in [5.74, 6) is -0.716. The molecule has 5 nitrogen and oxygen atoms in total. The number of hydrogen-bond acceptors (Lipinski definition) is 5. The molecule has 0 aliphatic heterocycles. The first kappa shape index (κ1) is 20.6. The molecular weight excluding hydrogens is 398 g/mol. The van der Waals surface area contributed by atoms with Crippen LogP contribution in [0.25, 0.3) is 0 Å². The Morgan fingerprint density at radius 2 is 1.79 bits per heavy atom. The summed E-state index contributed by atoms with van der Waals surface area (Å²) in [5.41, 5.74) is 0.192. The highest BCUT2D eigenvalue weighted by atomic mass is 35.5. The minimum atomic E-state index is -0.698. The fraction of sp³-hybridized carbons (Fsp3) is 0.381. The van der Waals surface area contributed by atoms with E-state index in [0.717, 1.165) is 23.3 Å². The number of halogens is 1. The number of benzene rings is 1. The molecule has 2 aromatic rings. The zero-order valence-electron chi connectivity index (χ0n) is 15.6. The average Bonchev–Trinajstić information content (AvgIpc) is 3.35. The van der Waals surface area contributed by atoms with Gasteiger partial charge in [-0.1, -0.05) is 36.6 Å². The molecule has 1 aromatic carbocycles. The van der Waals surface area contributed by atoms with E-state index in [0.29, 0.717) is 29.3 Å². The minimum absolute atomic E-state index is 0.126. The highest BCUT2D eigenvalue weighted by Gasteiger charge is 2.44. The topological polar surface area (TPSA) is 72.5 Å². The lowest BCUT2D eigenvalue weighted by molar-refractivity contribution is -0.149. The van der Waals surface area contributed by atoms with Crippen molar-refractivity contribution in [3.63, 3.8) is 0 Å². The van der Waals surface area contributed by atoms with Crippen LogP contribution in [0.5, 0.6) is 0 Å². The van der Waals surface area contributed by atoms with Crippen LogP contribution in [0.15, 0.2) is 36.4 Å². The van der Waals surface area contributed by atoms with E-state index in [1.165, 1.54) is 18.3 Å². The van der Waals surface area contributed by atoms with E-state index in [-0.39, 0.29) is 24.3 Å². The van der Waals surface area contributed by atoms with E-state index in [1.54, 1.807) is 24.3 Å². The summed E-state index contributed by atoms with van der Waals surface area (Å²) in [5, 5.41) is 3.31. The molecule has 0 spiro atoms. The van der Waals surface area contributed by atoms with Crippen molar-refractivity contribution < 1.29 is 19.1 Å². The van der Waals surface area contributed by atoms with Gasteiger partial charge in [0, 0.05) is 16.8 Å². The smallest absolute Gasteiger partial charge is 0.317 e. The predicted octanol–water partition coefficient (Wildman–Crippen LogP) is 4.28. The second-order valence-corrected chi connectivity index (χ2v) is 8.58. The number of nitrogens with one attached hydrogen (secondary N) is 1. The predicted molar refractivity (Wildman–Crippen MR) is 109 cm³/mol. The summed E-state index contributed by atoms with van der Waals surface area (Å²) in [6.07, 6.45) is 3.31. The Kier molecular flexibility index (Phi) is 6.52. The Hall–Kier alpha value is -2.18. The number of thiophene rings is 1. The lowest BCUT2D eigenvalue weighted by atomic mass is 9.79. The van der Waals surface area contributed by atoms with Gasteiger partial charge in [-0.25, -0.2) is 0 Å². The lowest BCUT2D eigenvalue weighted by Gasteiger charge is -2.27. The molecule has 1 aromatic heterocycles. The van der Waals surface area contributed by atoms with Crippen LogP contribution in [0.4, 0.5) is 0 Å². The van der Waals surface area contributed by atoms with Gasteiger partial charge in [0.05, 0.1) is 16.8 Å². The van der Waals surface area contributed by atoms with Crippen LogP contribution in [-0.2, 0) is 26.3 Å². The van der Waals surface area contributed by atoms with Crippen LogP contribution in [0.2, 0.25) is 5.02 Å². The van der Waals surface area contributed by atoms with E-state index >= 15 is 0 Å². The number of amides is 1. The van der Waals surface area contributed by atoms with Gasteiger partial charge < -0.3 is 10.1 Å². The van der Waals surface area contributed by atoms with Gasteiger partial charge in [-0.2, -0.15) is 0 Å². The molecule has 3 rings (SSSR count). The van der Waals surface area contributed by atoms with Crippen LogP contribution in [0.1, 0.15) is 52.7 Å². The summed E-state index contributed by atoms with van der Waals surface area (Å²) < 4.78 is 5.45. The molecule has 1 aliphatic carbocycles. The van der Waals surface area contributed by atoms with Crippen molar-refractivity contribution in [3.8, 4) is 0 Å². The van der Waals surface area contributed by atoms with Crippen molar-refractivity contribution in [1.82, 2.24) is 5.32 Å². The number of carbonyl (C=O) groups excluding carboxylic acids is 3. The Morgan fingerprint density at radius 3 is 2.43 bits per heavy atom. The molecule has 1 N–H and O–H groups in total. The summed E-state index contributed by atoms with van der Waals surface area (Å²) in [4.78, 5) is 37.7. The molecule has 1 heterocycles. The zero-order chi connectivity index (χ0) is 20.1. The largest absolute Gasteiger partial charge is 0.457 e. The number of Topliss-reactive ketones (excluding diaryl/α,β-unsaturated/α-hetero) is 1. The first-order valence-electron chi connectivity index (χ1n) is 9.20. The van der Waals surface area contributed by atoms with Crippen LogP contribution in [0, 0.1) is 0 Å². The number of ether oxygens (including phenoxy) is 1. The Labute approximate surface area is 173 Å². The molecular formula is C21H22ClNO4S. The Morgan fingerprint density at radius 1 is 1.11 bits per heavy atom. The minimum Gasteiger partial charge on any atom is -0.457 e. The molecule has 1 amide bonds. The number of esters is 1. The van der Waals surface area contributed by atoms with Gasteiger partial charge >= 0.3 is 5.97 Å². The third kappa shape index (κ3) is 4.62. The van der Waals surface area contributed by atoms with Crippen molar-refractivity contribution in [2.75, 3.05) is 6.61 Å². The number of carbonyl (C=O) groups is 3. The highest BCUT2D eigenvalue weighted by Crippen LogP contribution is 2.42. The van der Waals surface area contributed by atoms with Crippen LogP contribution >= 0.6 is 22.9 Å². The molecule has 1 aliphatic rings. The molecule has 0 bridgehead atoms. The van der Waals surface area contributed by atoms with E-state index in [9.17, 15) is 14.4 Å². The van der Waals surface area contributed by atoms with Crippen LogP contribution in [-0.4, -0.2) is 24.3 Å². The maximum atomic E-state index is 12.9. The first-order valence-corrected chi connectivity index (χ1v) is 10.4. The molecule has 1 fully saturated rings. The fourth-order valence-electron chi connectivity index (χ4n) is 3.53. The van der Waals surface area contributed by atoms with Gasteiger partial charge in [-0.15, -0.1) is 11.3 Å². The van der Waals surface area contributed by atoms with Gasteiger partial charge in [0.15, 0.2) is 6.61 Å². The van der Waals surface area contributed by atoms with Crippen molar-refractivity contribution in [2.24, 2.45) is 0 Å². The number of ketones is 1. The highest BCUT2D eigenvalue weighted by molar-refractivity contribution is 7.14. The summed E-state index contributed by atoms with van der Waals surface area (Å²) in [6, 6.07) is 10.8. The van der Waals surface area contributed by atoms with Crippen molar-refractivity contribution in [2.45, 2.75) is 44.6 Å². The molecule has 0 atom stereocenters. The van der Waals surface area contributed by atoms with Gasteiger partial charge in [0.25, 0.3) is 0 Å². The second-order valence-electron chi connectivity index (χ2n) is 6.97. The lowest BCUT2D eigenvalue weighted by Crippen LogP contribution is -2.35. The second kappa shape index (κ2) is 8.88. The van der Waals surface area contributed by atoms with E-state index in [2.05, 4.69) is 5.32 Å². The standard InChI is InChI=1S/C21H22ClNO4S/c1-14(24)23-12-17-8-9-19(28-17)18(25)13-27-20(26)21(10-2-3-11-21)15-4-6-16(22)7-5-15/h4-9H,2-3,10-13H2,1H3,(H,23,24). The van der Waals surface area contributed by atoms with E-state index in [1.807, 2.05) is 12.1 Å². The molecule has 7 heteroatoms. The maximum Gasteiger partial charge on any atom is 0.317 e.